The number of hydrogen-bond acceptors (Lipinski definition) is 13. The van der Waals surface area contributed by atoms with Crippen LogP contribution in [0.15, 0.2) is 44.1 Å². The second-order valence-corrected chi connectivity index (χ2v) is 11.3. The van der Waals surface area contributed by atoms with Gasteiger partial charge in [-0.1, -0.05) is 31.2 Å². The van der Waals surface area contributed by atoms with Crippen molar-refractivity contribution in [3.8, 4) is 5.75 Å². The van der Waals surface area contributed by atoms with Gasteiger partial charge in [0.15, 0.2) is 11.9 Å². The van der Waals surface area contributed by atoms with Gasteiger partial charge in [0.25, 0.3) is 6.29 Å². The van der Waals surface area contributed by atoms with Crippen molar-refractivity contribution in [3.63, 3.8) is 0 Å². The van der Waals surface area contributed by atoms with Crippen molar-refractivity contribution < 1.29 is 43.2 Å². The number of ether oxygens (including phenoxy) is 4. The molecule has 2 saturated heterocycles. The molecule has 226 valence electrons. The maximum Gasteiger partial charge on any atom is 0.339 e. The van der Waals surface area contributed by atoms with E-state index in [9.17, 15) is 19.8 Å². The van der Waals surface area contributed by atoms with E-state index < -0.39 is 60.8 Å². The number of aliphatic imine (C=N–C) groups is 1. The summed E-state index contributed by atoms with van der Waals surface area (Å²) in [7, 11) is 0. The molecule has 41 heavy (non-hydrogen) atoms. The fourth-order valence-corrected chi connectivity index (χ4v) is 5.66. The Morgan fingerprint density at radius 2 is 2.12 bits per heavy atom. The highest BCUT2D eigenvalue weighted by molar-refractivity contribution is 8.16. The molecule has 14 heteroatoms. The van der Waals surface area contributed by atoms with E-state index >= 15 is 0 Å². The molecule has 1 aromatic heterocycles. The summed E-state index contributed by atoms with van der Waals surface area (Å²) in [6.07, 6.45) is -1.78. The molecule has 4 heterocycles. The molecule has 3 aliphatic heterocycles. The summed E-state index contributed by atoms with van der Waals surface area (Å²) >= 11 is 1.35. The number of fused-ring (bicyclic) bond motifs is 1. The Balaban J connectivity index is 1.42. The van der Waals surface area contributed by atoms with E-state index in [4.69, 9.17) is 28.2 Å². The average Bonchev–Trinajstić information content (AvgIpc) is 3.56. The third-order valence-corrected chi connectivity index (χ3v) is 7.72. The van der Waals surface area contributed by atoms with Gasteiger partial charge in [0.2, 0.25) is 5.91 Å². The number of oxime groups is 1. The summed E-state index contributed by atoms with van der Waals surface area (Å²) in [6.45, 7) is 10.4. The van der Waals surface area contributed by atoms with Crippen LogP contribution in [0.25, 0.3) is 0 Å². The van der Waals surface area contributed by atoms with Crippen molar-refractivity contribution in [2.45, 2.75) is 89.1 Å². The van der Waals surface area contributed by atoms with Gasteiger partial charge in [-0.3, -0.25) is 9.79 Å². The fraction of sp³-hybridized carbons (Fsp3) is 0.630. The summed E-state index contributed by atoms with van der Waals surface area (Å²) in [5.41, 5.74) is -0.162. The minimum Gasteiger partial charge on any atom is -0.489 e. The number of nitrogens with one attached hydrogen (secondary N) is 1. The van der Waals surface area contributed by atoms with Crippen molar-refractivity contribution in [3.05, 3.63) is 41.0 Å². The van der Waals surface area contributed by atoms with E-state index in [2.05, 4.69) is 22.0 Å². The highest BCUT2D eigenvalue weighted by atomic mass is 32.2. The van der Waals surface area contributed by atoms with Gasteiger partial charge < -0.3 is 43.7 Å². The number of hydrogen-bond donors (Lipinski definition) is 3. The van der Waals surface area contributed by atoms with Gasteiger partial charge in [-0.15, -0.1) is 11.8 Å². The lowest BCUT2D eigenvalue weighted by Gasteiger charge is -2.37. The van der Waals surface area contributed by atoms with E-state index in [1.807, 2.05) is 6.92 Å². The Labute approximate surface area is 241 Å². The molecule has 0 bridgehead atoms. The fourth-order valence-electron chi connectivity index (χ4n) is 4.67. The van der Waals surface area contributed by atoms with Gasteiger partial charge in [0.05, 0.1) is 18.7 Å². The summed E-state index contributed by atoms with van der Waals surface area (Å²) in [6, 6.07) is 1.60. The van der Waals surface area contributed by atoms with Crippen LogP contribution in [-0.4, -0.2) is 88.4 Å². The van der Waals surface area contributed by atoms with Gasteiger partial charge in [-0.2, -0.15) is 0 Å². The molecule has 0 spiro atoms. The predicted octanol–water partition coefficient (Wildman–Crippen LogP) is 1.67. The summed E-state index contributed by atoms with van der Waals surface area (Å²) < 4.78 is 28.2. The molecule has 0 aromatic carbocycles. The molecular formula is C27H37N3O10S. The van der Waals surface area contributed by atoms with Crippen molar-refractivity contribution in [2.75, 3.05) is 19.0 Å². The minimum atomic E-state index is -1.10. The molecule has 0 aliphatic carbocycles. The number of carbonyl (C=O) groups excluding carboxylic acids is 1. The topological polar surface area (TPSA) is 171 Å². The average molecular weight is 596 g/mol. The van der Waals surface area contributed by atoms with Crippen LogP contribution in [0.2, 0.25) is 0 Å². The van der Waals surface area contributed by atoms with Crippen LogP contribution in [-0.2, 0) is 23.8 Å². The van der Waals surface area contributed by atoms with Crippen molar-refractivity contribution in [1.29, 1.82) is 0 Å². The Kier molecular flexibility index (Phi) is 10.3. The first-order valence-corrected chi connectivity index (χ1v) is 14.4. The highest BCUT2D eigenvalue weighted by Crippen LogP contribution is 2.38. The largest absolute Gasteiger partial charge is 0.489 e. The SMILES string of the molecule is C=CCOc1cc([C@@H](CCC)NC(=O)C2CSC(/C(C)=N/O[C@H]3O[C@H](CO)[C@@H](O)[C@@H]4OC(C)(C)O[C@H]34)=N2)oc(=O)c1. The maximum absolute atomic E-state index is 13.1. The van der Waals surface area contributed by atoms with Crippen molar-refractivity contribution >= 4 is 28.4 Å². The number of rotatable bonds is 12. The molecule has 1 amide bonds. The molecule has 0 saturated carbocycles. The molecule has 1 aromatic rings. The predicted molar refractivity (Wildman–Crippen MR) is 150 cm³/mol. The summed E-state index contributed by atoms with van der Waals surface area (Å²) in [5.74, 6) is -0.286. The van der Waals surface area contributed by atoms with Gasteiger partial charge in [0.1, 0.15) is 53.2 Å². The van der Waals surface area contributed by atoms with Gasteiger partial charge in [-0.05, 0) is 27.2 Å². The van der Waals surface area contributed by atoms with E-state index in [-0.39, 0.29) is 12.5 Å². The molecule has 7 atom stereocenters. The first-order valence-electron chi connectivity index (χ1n) is 13.5. The quantitative estimate of drug-likeness (QED) is 0.182. The lowest BCUT2D eigenvalue weighted by atomic mass is 9.99. The van der Waals surface area contributed by atoms with E-state index in [0.717, 1.165) is 6.42 Å². The number of aliphatic hydroxyl groups excluding tert-OH is 2. The Morgan fingerprint density at radius 1 is 1.37 bits per heavy atom. The van der Waals surface area contributed by atoms with Crippen LogP contribution in [0.4, 0.5) is 0 Å². The Bertz CT molecular complexity index is 1220. The number of amides is 1. The van der Waals surface area contributed by atoms with Crippen LogP contribution >= 0.6 is 11.8 Å². The van der Waals surface area contributed by atoms with Crippen LogP contribution < -0.4 is 15.7 Å². The van der Waals surface area contributed by atoms with E-state index in [1.165, 1.54) is 17.8 Å². The molecule has 13 nitrogen and oxygen atoms in total. The van der Waals surface area contributed by atoms with Crippen molar-refractivity contribution in [1.82, 2.24) is 5.32 Å². The molecule has 4 rings (SSSR count). The molecule has 1 unspecified atom stereocenters. The zero-order valence-corrected chi connectivity index (χ0v) is 24.3. The maximum atomic E-state index is 13.1. The number of nitrogens with zero attached hydrogens (tertiary/aromatic N) is 2. The minimum absolute atomic E-state index is 0.228. The second-order valence-electron chi connectivity index (χ2n) is 10.3. The number of carbonyl (C=O) groups is 1. The molecule has 3 aliphatic rings. The normalized spacial score (nSPS) is 29.8. The third-order valence-electron chi connectivity index (χ3n) is 6.56. The van der Waals surface area contributed by atoms with Gasteiger partial charge >= 0.3 is 5.63 Å². The lowest BCUT2D eigenvalue weighted by molar-refractivity contribution is -0.280. The first-order chi connectivity index (χ1) is 19.5. The van der Waals surface area contributed by atoms with Crippen LogP contribution in [0, 0.1) is 0 Å². The van der Waals surface area contributed by atoms with Gasteiger partial charge in [0, 0.05) is 11.8 Å². The number of aliphatic hydroxyl groups is 2. The summed E-state index contributed by atoms with van der Waals surface area (Å²) in [5, 5.41) is 27.7. The van der Waals surface area contributed by atoms with Crippen molar-refractivity contribution in [2.24, 2.45) is 10.1 Å². The smallest absolute Gasteiger partial charge is 0.339 e. The third kappa shape index (κ3) is 7.56. The first kappa shape index (κ1) is 31.2. The Morgan fingerprint density at radius 3 is 2.83 bits per heavy atom. The molecule has 2 fully saturated rings. The zero-order chi connectivity index (χ0) is 29.7. The van der Waals surface area contributed by atoms with Crippen LogP contribution in [0.1, 0.15) is 52.3 Å². The lowest BCUT2D eigenvalue weighted by Crippen LogP contribution is -2.57. The van der Waals surface area contributed by atoms with Crippen LogP contribution in [0.5, 0.6) is 5.75 Å². The monoisotopic (exact) mass is 595 g/mol. The molecular weight excluding hydrogens is 558 g/mol. The molecule has 3 N–H and O–H groups in total. The van der Waals surface area contributed by atoms with Crippen LogP contribution in [0.3, 0.4) is 0 Å². The highest BCUT2D eigenvalue weighted by Gasteiger charge is 2.56. The van der Waals surface area contributed by atoms with E-state index in [0.29, 0.717) is 34.4 Å². The van der Waals surface area contributed by atoms with E-state index in [1.54, 1.807) is 32.9 Å². The summed E-state index contributed by atoms with van der Waals surface area (Å²) in [4.78, 5) is 35.4. The zero-order valence-electron chi connectivity index (χ0n) is 23.5. The standard InChI is InChI=1S/C27H37N3O10S/c1-6-8-16(18-10-15(35-9-7-2)11-20(32)36-18)28-24(34)17-13-41-25(29-17)14(3)30-40-26-23-22(38-27(4,5)39-23)21(33)19(12-31)37-26/h7,10-11,16-17,19,21-23,26,31,33H,2,6,8-9,12-13H2,1,3-5H3,(H,28,34)/b30-14+/t16-,17?,19-,21-,22+,23+,26-/m1/s1. The second kappa shape index (κ2) is 13.5. The number of thioether (sulfide) groups is 1. The Hall–Kier alpha value is -2.75. The molecule has 0 radical (unpaired) electrons. The van der Waals surface area contributed by atoms with Gasteiger partial charge in [-0.25, -0.2) is 4.79 Å².